The van der Waals surface area contributed by atoms with Gasteiger partial charge in [-0.15, -0.1) is 0 Å². The molecule has 3 rings (SSSR count). The smallest absolute Gasteiger partial charge is 0.136 e. The van der Waals surface area contributed by atoms with E-state index in [9.17, 15) is 0 Å². The standard InChI is InChI=1S/C19H20N4/c1-13-7-9-16(10-8-13)22-18-12-19(21-15(3)20-18)23-17-6-4-5-14(2)11-17/h4-12H,1-3H3,(H2,20,21,22,23). The first kappa shape index (κ1) is 15.0. The van der Waals surface area contributed by atoms with E-state index in [1.54, 1.807) is 0 Å². The Morgan fingerprint density at radius 1 is 0.652 bits per heavy atom. The van der Waals surface area contributed by atoms with Gasteiger partial charge < -0.3 is 10.6 Å². The van der Waals surface area contributed by atoms with Crippen molar-refractivity contribution >= 4 is 23.0 Å². The van der Waals surface area contributed by atoms with E-state index in [1.807, 2.05) is 37.3 Å². The number of hydrogen-bond donors (Lipinski definition) is 2. The average molecular weight is 304 g/mol. The molecule has 2 N–H and O–H groups in total. The van der Waals surface area contributed by atoms with Gasteiger partial charge in [0.2, 0.25) is 0 Å². The van der Waals surface area contributed by atoms with Crippen LogP contribution < -0.4 is 10.6 Å². The van der Waals surface area contributed by atoms with Crippen molar-refractivity contribution in [1.82, 2.24) is 9.97 Å². The third-order valence-corrected chi connectivity index (χ3v) is 3.45. The monoisotopic (exact) mass is 304 g/mol. The fourth-order valence-electron chi connectivity index (χ4n) is 2.35. The summed E-state index contributed by atoms with van der Waals surface area (Å²) in [5, 5.41) is 6.65. The van der Waals surface area contributed by atoms with Crippen LogP contribution in [0.15, 0.2) is 54.6 Å². The van der Waals surface area contributed by atoms with E-state index in [2.05, 4.69) is 58.7 Å². The van der Waals surface area contributed by atoms with Gasteiger partial charge in [-0.1, -0.05) is 29.8 Å². The first-order valence-electron chi connectivity index (χ1n) is 7.61. The molecule has 0 radical (unpaired) electrons. The zero-order valence-corrected chi connectivity index (χ0v) is 13.6. The van der Waals surface area contributed by atoms with E-state index in [-0.39, 0.29) is 0 Å². The highest BCUT2D eigenvalue weighted by atomic mass is 15.1. The van der Waals surface area contributed by atoms with E-state index in [1.165, 1.54) is 11.1 Å². The van der Waals surface area contributed by atoms with Crippen LogP contribution in [0.2, 0.25) is 0 Å². The second-order valence-electron chi connectivity index (χ2n) is 5.67. The quantitative estimate of drug-likeness (QED) is 0.720. The molecule has 0 fully saturated rings. The van der Waals surface area contributed by atoms with E-state index in [4.69, 9.17) is 0 Å². The molecular weight excluding hydrogens is 284 g/mol. The lowest BCUT2D eigenvalue weighted by atomic mass is 10.2. The Morgan fingerprint density at radius 3 is 1.96 bits per heavy atom. The molecule has 0 bridgehead atoms. The second kappa shape index (κ2) is 6.48. The third kappa shape index (κ3) is 4.07. The Labute approximate surface area is 136 Å². The summed E-state index contributed by atoms with van der Waals surface area (Å²) in [5.74, 6) is 2.27. The fourth-order valence-corrected chi connectivity index (χ4v) is 2.35. The maximum atomic E-state index is 4.45. The fraction of sp³-hybridized carbons (Fsp3) is 0.158. The molecule has 0 aliphatic rings. The molecule has 1 heterocycles. The number of rotatable bonds is 4. The van der Waals surface area contributed by atoms with Crippen molar-refractivity contribution in [2.75, 3.05) is 10.6 Å². The van der Waals surface area contributed by atoms with Gasteiger partial charge in [0.15, 0.2) is 0 Å². The van der Waals surface area contributed by atoms with Crippen LogP contribution in [0.1, 0.15) is 17.0 Å². The van der Waals surface area contributed by atoms with E-state index >= 15 is 0 Å². The van der Waals surface area contributed by atoms with Crippen LogP contribution in [0.25, 0.3) is 0 Å². The maximum Gasteiger partial charge on any atom is 0.136 e. The summed E-state index contributed by atoms with van der Waals surface area (Å²) in [5.41, 5.74) is 4.47. The van der Waals surface area contributed by atoms with Crippen molar-refractivity contribution in [2.45, 2.75) is 20.8 Å². The summed E-state index contributed by atoms with van der Waals surface area (Å²) < 4.78 is 0. The van der Waals surface area contributed by atoms with Gasteiger partial charge in [-0.2, -0.15) is 0 Å². The lowest BCUT2D eigenvalue weighted by Crippen LogP contribution is -2.01. The van der Waals surface area contributed by atoms with Crippen molar-refractivity contribution in [1.29, 1.82) is 0 Å². The van der Waals surface area contributed by atoms with Crippen molar-refractivity contribution < 1.29 is 0 Å². The highest BCUT2D eigenvalue weighted by molar-refractivity contribution is 5.63. The number of nitrogens with zero attached hydrogens (tertiary/aromatic N) is 2. The van der Waals surface area contributed by atoms with E-state index in [0.717, 1.165) is 28.8 Å². The highest BCUT2D eigenvalue weighted by Gasteiger charge is 2.03. The Bertz CT molecular complexity index is 810. The number of nitrogens with one attached hydrogen (secondary N) is 2. The van der Waals surface area contributed by atoms with Crippen molar-refractivity contribution in [3.63, 3.8) is 0 Å². The Morgan fingerprint density at radius 2 is 1.30 bits per heavy atom. The van der Waals surface area contributed by atoms with Gasteiger partial charge in [0.25, 0.3) is 0 Å². The summed E-state index contributed by atoms with van der Waals surface area (Å²) in [6.07, 6.45) is 0. The first-order chi connectivity index (χ1) is 11.1. The Hall–Kier alpha value is -2.88. The third-order valence-electron chi connectivity index (χ3n) is 3.45. The van der Waals surface area contributed by atoms with Gasteiger partial charge in [0.05, 0.1) is 0 Å². The SMILES string of the molecule is Cc1ccc(Nc2cc(Nc3cccc(C)c3)nc(C)n2)cc1. The molecule has 116 valence electrons. The normalized spacial score (nSPS) is 10.4. The lowest BCUT2D eigenvalue weighted by Gasteiger charge is -2.11. The van der Waals surface area contributed by atoms with E-state index in [0.29, 0.717) is 0 Å². The zero-order chi connectivity index (χ0) is 16.2. The zero-order valence-electron chi connectivity index (χ0n) is 13.6. The molecule has 3 aromatic rings. The molecule has 0 aliphatic carbocycles. The molecule has 0 saturated carbocycles. The molecule has 1 aromatic heterocycles. The molecule has 0 spiro atoms. The second-order valence-corrected chi connectivity index (χ2v) is 5.67. The summed E-state index contributed by atoms with van der Waals surface area (Å²) in [4.78, 5) is 8.90. The number of anilines is 4. The van der Waals surface area contributed by atoms with Gasteiger partial charge in [0, 0.05) is 17.4 Å². The largest absolute Gasteiger partial charge is 0.340 e. The lowest BCUT2D eigenvalue weighted by molar-refractivity contribution is 1.06. The number of aromatic nitrogens is 2. The summed E-state index contributed by atoms with van der Waals surface area (Å²) in [6.45, 7) is 6.03. The number of hydrogen-bond acceptors (Lipinski definition) is 4. The Kier molecular flexibility index (Phi) is 4.24. The molecule has 4 heteroatoms. The van der Waals surface area contributed by atoms with Crippen LogP contribution in [0.4, 0.5) is 23.0 Å². The predicted octanol–water partition coefficient (Wildman–Crippen LogP) is 4.89. The first-order valence-corrected chi connectivity index (χ1v) is 7.61. The summed E-state index contributed by atoms with van der Waals surface area (Å²) in [6, 6.07) is 18.3. The molecule has 0 unspecified atom stereocenters. The van der Waals surface area contributed by atoms with Crippen LogP contribution in [-0.4, -0.2) is 9.97 Å². The molecule has 0 aliphatic heterocycles. The van der Waals surface area contributed by atoms with Crippen LogP contribution >= 0.6 is 0 Å². The Balaban J connectivity index is 1.82. The molecule has 0 amide bonds. The van der Waals surface area contributed by atoms with Gasteiger partial charge in [-0.25, -0.2) is 9.97 Å². The van der Waals surface area contributed by atoms with Gasteiger partial charge >= 0.3 is 0 Å². The topological polar surface area (TPSA) is 49.8 Å². The predicted molar refractivity (Wildman–Crippen MR) is 95.7 cm³/mol. The van der Waals surface area contributed by atoms with Gasteiger partial charge in [-0.05, 0) is 50.6 Å². The van der Waals surface area contributed by atoms with Crippen LogP contribution in [-0.2, 0) is 0 Å². The molecule has 4 nitrogen and oxygen atoms in total. The maximum absolute atomic E-state index is 4.45. The molecular formula is C19H20N4. The molecule has 2 aromatic carbocycles. The average Bonchev–Trinajstić information content (AvgIpc) is 2.49. The van der Waals surface area contributed by atoms with Crippen LogP contribution in [0.3, 0.4) is 0 Å². The number of benzene rings is 2. The molecule has 23 heavy (non-hydrogen) atoms. The van der Waals surface area contributed by atoms with Gasteiger partial charge in [-0.3, -0.25) is 0 Å². The van der Waals surface area contributed by atoms with Crippen LogP contribution in [0, 0.1) is 20.8 Å². The summed E-state index contributed by atoms with van der Waals surface area (Å²) >= 11 is 0. The van der Waals surface area contributed by atoms with E-state index < -0.39 is 0 Å². The minimum absolute atomic E-state index is 0.720. The van der Waals surface area contributed by atoms with Crippen molar-refractivity contribution in [3.05, 3.63) is 71.5 Å². The minimum Gasteiger partial charge on any atom is -0.340 e. The highest BCUT2D eigenvalue weighted by Crippen LogP contribution is 2.21. The molecule has 0 atom stereocenters. The van der Waals surface area contributed by atoms with Crippen molar-refractivity contribution in [3.8, 4) is 0 Å². The molecule has 0 saturated heterocycles. The van der Waals surface area contributed by atoms with Crippen LogP contribution in [0.5, 0.6) is 0 Å². The van der Waals surface area contributed by atoms with Crippen molar-refractivity contribution in [2.24, 2.45) is 0 Å². The minimum atomic E-state index is 0.720. The summed E-state index contributed by atoms with van der Waals surface area (Å²) in [7, 11) is 0. The van der Waals surface area contributed by atoms with Gasteiger partial charge in [0.1, 0.15) is 17.5 Å². The number of aryl methyl sites for hydroxylation is 3.